The fraction of sp³-hybridized carbons (Fsp3) is 0.562. The summed E-state index contributed by atoms with van der Waals surface area (Å²) in [7, 11) is 1.95. The molecule has 1 aliphatic rings. The predicted molar refractivity (Wildman–Crippen MR) is 76.3 cm³/mol. The Labute approximate surface area is 115 Å². The van der Waals surface area contributed by atoms with Crippen LogP contribution in [0.2, 0.25) is 0 Å². The lowest BCUT2D eigenvalue weighted by atomic mass is 9.79. The highest BCUT2D eigenvalue weighted by Crippen LogP contribution is 2.36. The number of likely N-dealkylation sites (N-methyl/N-ethyl adjacent to an activating group) is 1. The molecule has 0 radical (unpaired) electrons. The maximum atomic E-state index is 11.2. The Balaban J connectivity index is 2.19. The van der Waals surface area contributed by atoms with Crippen LogP contribution in [0.25, 0.3) is 0 Å². The highest BCUT2D eigenvalue weighted by molar-refractivity contribution is 5.72. The van der Waals surface area contributed by atoms with Crippen molar-refractivity contribution >= 4 is 5.97 Å². The van der Waals surface area contributed by atoms with Crippen LogP contribution in [0.4, 0.5) is 0 Å². The van der Waals surface area contributed by atoms with Crippen LogP contribution in [-0.2, 0) is 4.79 Å². The summed E-state index contributed by atoms with van der Waals surface area (Å²) in [5, 5.41) is 9.20. The van der Waals surface area contributed by atoms with Crippen LogP contribution in [0, 0.1) is 0 Å². The largest absolute Gasteiger partial charge is 0.480 e. The standard InChI is InChI=1S/C16H23NO2/c1-12(16(18)19)17(2)15-11-7-6-10-14(15)13-8-4-3-5-9-13/h3-5,8-9,12,14-15H,6-7,10-11H2,1-2H3,(H,18,19). The Morgan fingerprint density at radius 3 is 2.53 bits per heavy atom. The molecule has 1 aliphatic carbocycles. The molecule has 0 aromatic heterocycles. The molecule has 1 saturated carbocycles. The lowest BCUT2D eigenvalue weighted by molar-refractivity contribution is -0.143. The number of rotatable bonds is 4. The van der Waals surface area contributed by atoms with Gasteiger partial charge >= 0.3 is 5.97 Å². The van der Waals surface area contributed by atoms with E-state index in [0.717, 1.165) is 12.8 Å². The molecule has 19 heavy (non-hydrogen) atoms. The van der Waals surface area contributed by atoms with Crippen LogP contribution in [-0.4, -0.2) is 35.1 Å². The van der Waals surface area contributed by atoms with Gasteiger partial charge in [0, 0.05) is 6.04 Å². The minimum Gasteiger partial charge on any atom is -0.480 e. The van der Waals surface area contributed by atoms with Gasteiger partial charge in [0.2, 0.25) is 0 Å². The molecule has 0 heterocycles. The van der Waals surface area contributed by atoms with E-state index < -0.39 is 12.0 Å². The highest BCUT2D eigenvalue weighted by Gasteiger charge is 2.33. The van der Waals surface area contributed by atoms with E-state index in [1.165, 1.54) is 18.4 Å². The van der Waals surface area contributed by atoms with E-state index >= 15 is 0 Å². The Kier molecular flexibility index (Phi) is 4.59. The average molecular weight is 261 g/mol. The number of benzene rings is 1. The van der Waals surface area contributed by atoms with Crippen molar-refractivity contribution in [3.05, 3.63) is 35.9 Å². The molecule has 0 saturated heterocycles. The van der Waals surface area contributed by atoms with Crippen LogP contribution in [0.5, 0.6) is 0 Å². The van der Waals surface area contributed by atoms with E-state index in [-0.39, 0.29) is 0 Å². The van der Waals surface area contributed by atoms with E-state index in [1.54, 1.807) is 6.92 Å². The third-order valence-corrected chi connectivity index (χ3v) is 4.45. The summed E-state index contributed by atoms with van der Waals surface area (Å²) in [5.74, 6) is -0.276. The monoisotopic (exact) mass is 261 g/mol. The Morgan fingerprint density at radius 2 is 1.89 bits per heavy atom. The maximum Gasteiger partial charge on any atom is 0.320 e. The van der Waals surface area contributed by atoms with Crippen LogP contribution in [0.3, 0.4) is 0 Å². The molecular weight excluding hydrogens is 238 g/mol. The van der Waals surface area contributed by atoms with E-state index in [9.17, 15) is 9.90 Å². The van der Waals surface area contributed by atoms with Crippen LogP contribution >= 0.6 is 0 Å². The summed E-state index contributed by atoms with van der Waals surface area (Å²) in [5.41, 5.74) is 1.34. The number of carboxylic acids is 1. The van der Waals surface area contributed by atoms with Gasteiger partial charge in [0.25, 0.3) is 0 Å². The molecule has 0 amide bonds. The van der Waals surface area contributed by atoms with E-state index in [2.05, 4.69) is 24.3 Å². The van der Waals surface area contributed by atoms with Gasteiger partial charge in [-0.15, -0.1) is 0 Å². The van der Waals surface area contributed by atoms with Gasteiger partial charge in [0.05, 0.1) is 0 Å². The molecule has 2 rings (SSSR count). The first kappa shape index (κ1) is 14.1. The zero-order chi connectivity index (χ0) is 13.8. The first-order chi connectivity index (χ1) is 9.11. The molecule has 3 unspecified atom stereocenters. The maximum absolute atomic E-state index is 11.2. The van der Waals surface area contributed by atoms with E-state index in [0.29, 0.717) is 12.0 Å². The molecule has 0 bridgehead atoms. The Hall–Kier alpha value is -1.35. The number of aliphatic carboxylic acids is 1. The van der Waals surface area contributed by atoms with Crippen molar-refractivity contribution in [2.45, 2.75) is 50.6 Å². The fourth-order valence-corrected chi connectivity index (χ4v) is 3.15. The topological polar surface area (TPSA) is 40.5 Å². The third kappa shape index (κ3) is 3.16. The van der Waals surface area contributed by atoms with Crippen molar-refractivity contribution in [1.82, 2.24) is 4.90 Å². The summed E-state index contributed by atoms with van der Waals surface area (Å²) in [6, 6.07) is 10.4. The smallest absolute Gasteiger partial charge is 0.320 e. The SMILES string of the molecule is CC(C(=O)O)N(C)C1CCCCC1c1ccccc1. The fourth-order valence-electron chi connectivity index (χ4n) is 3.15. The van der Waals surface area contributed by atoms with Crippen LogP contribution < -0.4 is 0 Å². The first-order valence-corrected chi connectivity index (χ1v) is 7.11. The zero-order valence-electron chi connectivity index (χ0n) is 11.7. The van der Waals surface area contributed by atoms with Crippen molar-refractivity contribution in [3.8, 4) is 0 Å². The molecule has 1 aromatic rings. The van der Waals surface area contributed by atoms with E-state index in [1.807, 2.05) is 18.0 Å². The lowest BCUT2D eigenvalue weighted by Crippen LogP contribution is -2.46. The second kappa shape index (κ2) is 6.20. The quantitative estimate of drug-likeness (QED) is 0.905. The van der Waals surface area contributed by atoms with Crippen LogP contribution in [0.1, 0.15) is 44.1 Å². The van der Waals surface area contributed by atoms with Crippen LogP contribution in [0.15, 0.2) is 30.3 Å². The number of carbonyl (C=O) groups is 1. The minimum absolute atomic E-state index is 0.335. The normalized spacial score (nSPS) is 25.2. The average Bonchev–Trinajstić information content (AvgIpc) is 2.46. The number of hydrogen-bond donors (Lipinski definition) is 1. The van der Waals surface area contributed by atoms with Crippen molar-refractivity contribution in [2.75, 3.05) is 7.05 Å². The second-order valence-electron chi connectivity index (χ2n) is 5.55. The summed E-state index contributed by atoms with van der Waals surface area (Å²) in [6.07, 6.45) is 4.69. The molecule has 3 heteroatoms. The summed E-state index contributed by atoms with van der Waals surface area (Å²) < 4.78 is 0. The van der Waals surface area contributed by atoms with Crippen molar-refractivity contribution in [3.63, 3.8) is 0 Å². The molecule has 0 aliphatic heterocycles. The zero-order valence-corrected chi connectivity index (χ0v) is 11.7. The minimum atomic E-state index is -0.736. The molecule has 104 valence electrons. The molecule has 1 N–H and O–H groups in total. The van der Waals surface area contributed by atoms with Gasteiger partial charge in [0.15, 0.2) is 0 Å². The molecule has 3 nitrogen and oxygen atoms in total. The third-order valence-electron chi connectivity index (χ3n) is 4.45. The van der Waals surface area contributed by atoms with E-state index in [4.69, 9.17) is 0 Å². The van der Waals surface area contributed by atoms with Crippen molar-refractivity contribution < 1.29 is 9.90 Å². The number of hydrogen-bond acceptors (Lipinski definition) is 2. The first-order valence-electron chi connectivity index (χ1n) is 7.11. The molecule has 0 spiro atoms. The molecular formula is C16H23NO2. The number of carboxylic acid groups (broad SMARTS) is 1. The Morgan fingerprint density at radius 1 is 1.26 bits per heavy atom. The summed E-state index contributed by atoms with van der Waals surface area (Å²) in [6.45, 7) is 1.78. The summed E-state index contributed by atoms with van der Waals surface area (Å²) in [4.78, 5) is 13.2. The molecule has 3 atom stereocenters. The van der Waals surface area contributed by atoms with Gasteiger partial charge in [-0.05, 0) is 38.3 Å². The Bertz CT molecular complexity index is 418. The summed E-state index contributed by atoms with van der Waals surface area (Å²) >= 11 is 0. The van der Waals surface area contributed by atoms with Gasteiger partial charge < -0.3 is 5.11 Å². The van der Waals surface area contributed by atoms with Gasteiger partial charge in [-0.2, -0.15) is 0 Å². The van der Waals surface area contributed by atoms with Gasteiger partial charge in [-0.1, -0.05) is 43.2 Å². The molecule has 1 aromatic carbocycles. The van der Waals surface area contributed by atoms with Crippen molar-refractivity contribution in [2.24, 2.45) is 0 Å². The molecule has 1 fully saturated rings. The second-order valence-corrected chi connectivity index (χ2v) is 5.55. The lowest BCUT2D eigenvalue weighted by Gasteiger charge is -2.40. The van der Waals surface area contributed by atoms with Gasteiger partial charge in [0.1, 0.15) is 6.04 Å². The van der Waals surface area contributed by atoms with Crippen molar-refractivity contribution in [1.29, 1.82) is 0 Å². The highest BCUT2D eigenvalue weighted by atomic mass is 16.4. The number of nitrogens with zero attached hydrogens (tertiary/aromatic N) is 1. The van der Waals surface area contributed by atoms with Gasteiger partial charge in [-0.3, -0.25) is 9.69 Å². The predicted octanol–water partition coefficient (Wildman–Crippen LogP) is 3.12. The van der Waals surface area contributed by atoms with Gasteiger partial charge in [-0.25, -0.2) is 0 Å².